The van der Waals surface area contributed by atoms with E-state index in [1.165, 1.54) is 0 Å². The lowest BCUT2D eigenvalue weighted by Gasteiger charge is -2.31. The third-order valence-corrected chi connectivity index (χ3v) is 6.24. The molecule has 0 spiro atoms. The van der Waals surface area contributed by atoms with E-state index in [0.29, 0.717) is 6.04 Å². The van der Waals surface area contributed by atoms with E-state index in [1.807, 2.05) is 24.3 Å². The lowest BCUT2D eigenvalue weighted by atomic mass is 9.96. The molecule has 1 saturated heterocycles. The molecule has 1 amide bonds. The fraction of sp³-hybridized carbons (Fsp3) is 0.471. The van der Waals surface area contributed by atoms with Crippen molar-refractivity contribution in [2.75, 3.05) is 18.0 Å². The minimum atomic E-state index is 0.151. The van der Waals surface area contributed by atoms with Gasteiger partial charge in [0.2, 0.25) is 5.91 Å². The SMILES string of the molecule is O=C(NC1CC1)C1CCN(c2ccc(-c3ccc(Br)s3)nn2)CC1. The van der Waals surface area contributed by atoms with Gasteiger partial charge in [-0.2, -0.15) is 0 Å². The van der Waals surface area contributed by atoms with Crippen molar-refractivity contribution < 1.29 is 4.79 Å². The molecule has 0 bridgehead atoms. The van der Waals surface area contributed by atoms with E-state index >= 15 is 0 Å². The summed E-state index contributed by atoms with van der Waals surface area (Å²) < 4.78 is 1.09. The second-order valence-electron chi connectivity index (χ2n) is 6.42. The Balaban J connectivity index is 1.36. The van der Waals surface area contributed by atoms with E-state index in [2.05, 4.69) is 36.3 Å². The van der Waals surface area contributed by atoms with E-state index in [4.69, 9.17) is 0 Å². The summed E-state index contributed by atoms with van der Waals surface area (Å²) in [6.07, 6.45) is 4.07. The molecule has 126 valence electrons. The average molecular weight is 407 g/mol. The van der Waals surface area contributed by atoms with Gasteiger partial charge < -0.3 is 10.2 Å². The van der Waals surface area contributed by atoms with Crippen molar-refractivity contribution in [3.05, 3.63) is 28.1 Å². The number of halogens is 1. The maximum atomic E-state index is 12.1. The maximum absolute atomic E-state index is 12.1. The summed E-state index contributed by atoms with van der Waals surface area (Å²) in [5.41, 5.74) is 0.896. The molecular weight excluding hydrogens is 388 g/mol. The number of amides is 1. The summed E-state index contributed by atoms with van der Waals surface area (Å²) >= 11 is 5.12. The van der Waals surface area contributed by atoms with Crippen LogP contribution in [0.15, 0.2) is 28.1 Å². The van der Waals surface area contributed by atoms with Gasteiger partial charge in [-0.1, -0.05) is 0 Å². The Morgan fingerprint density at radius 3 is 2.50 bits per heavy atom. The minimum absolute atomic E-state index is 0.151. The third kappa shape index (κ3) is 3.62. The van der Waals surface area contributed by atoms with Crippen LogP contribution in [-0.2, 0) is 4.79 Å². The van der Waals surface area contributed by atoms with Crippen molar-refractivity contribution in [3.8, 4) is 10.6 Å². The van der Waals surface area contributed by atoms with Crippen LogP contribution in [-0.4, -0.2) is 35.2 Å². The van der Waals surface area contributed by atoms with Crippen LogP contribution >= 0.6 is 27.3 Å². The number of nitrogens with one attached hydrogen (secondary N) is 1. The number of aromatic nitrogens is 2. The van der Waals surface area contributed by atoms with Crippen LogP contribution in [0.4, 0.5) is 5.82 Å². The topological polar surface area (TPSA) is 58.1 Å². The molecule has 2 aromatic heterocycles. The Bertz CT molecular complexity index is 720. The number of thiophene rings is 1. The van der Waals surface area contributed by atoms with E-state index in [9.17, 15) is 4.79 Å². The van der Waals surface area contributed by atoms with Crippen molar-refractivity contribution >= 4 is 39.0 Å². The van der Waals surface area contributed by atoms with Gasteiger partial charge >= 0.3 is 0 Å². The zero-order valence-corrected chi connectivity index (χ0v) is 15.6. The quantitative estimate of drug-likeness (QED) is 0.844. The van der Waals surface area contributed by atoms with Gasteiger partial charge in [0.1, 0.15) is 5.69 Å². The van der Waals surface area contributed by atoms with Crippen molar-refractivity contribution in [1.82, 2.24) is 15.5 Å². The minimum Gasteiger partial charge on any atom is -0.355 e. The molecule has 3 heterocycles. The zero-order valence-electron chi connectivity index (χ0n) is 13.2. The Hall–Kier alpha value is -1.47. The molecule has 0 unspecified atom stereocenters. The van der Waals surface area contributed by atoms with Gasteiger partial charge in [-0.15, -0.1) is 21.5 Å². The predicted molar refractivity (Wildman–Crippen MR) is 99.1 cm³/mol. The van der Waals surface area contributed by atoms with Gasteiger partial charge in [-0.3, -0.25) is 4.79 Å². The molecule has 1 N–H and O–H groups in total. The molecule has 0 radical (unpaired) electrons. The fourth-order valence-corrected chi connectivity index (χ4v) is 4.35. The molecule has 1 saturated carbocycles. The molecule has 2 fully saturated rings. The molecule has 1 aliphatic heterocycles. The third-order valence-electron chi connectivity index (χ3n) is 4.59. The van der Waals surface area contributed by atoms with E-state index in [1.54, 1.807) is 11.3 Å². The molecule has 2 aliphatic rings. The van der Waals surface area contributed by atoms with Crippen LogP contribution in [0.25, 0.3) is 10.6 Å². The number of anilines is 1. The number of rotatable bonds is 4. The molecule has 4 rings (SSSR count). The molecule has 0 atom stereocenters. The summed E-state index contributed by atoms with van der Waals surface area (Å²) in [5, 5.41) is 11.9. The molecular formula is C17H19BrN4OS. The van der Waals surface area contributed by atoms with E-state index < -0.39 is 0 Å². The second kappa shape index (κ2) is 6.80. The highest BCUT2D eigenvalue weighted by Gasteiger charge is 2.30. The Kier molecular flexibility index (Phi) is 4.54. The Morgan fingerprint density at radius 1 is 1.12 bits per heavy atom. The van der Waals surface area contributed by atoms with Crippen molar-refractivity contribution in [2.24, 2.45) is 5.92 Å². The highest BCUT2D eigenvalue weighted by Crippen LogP contribution is 2.30. The van der Waals surface area contributed by atoms with Crippen molar-refractivity contribution in [2.45, 2.75) is 31.7 Å². The van der Waals surface area contributed by atoms with E-state index in [0.717, 1.165) is 58.9 Å². The largest absolute Gasteiger partial charge is 0.355 e. The predicted octanol–water partition coefficient (Wildman–Crippen LogP) is 3.46. The molecule has 1 aliphatic carbocycles. The lowest BCUT2D eigenvalue weighted by molar-refractivity contribution is -0.125. The van der Waals surface area contributed by atoms with E-state index in [-0.39, 0.29) is 11.8 Å². The summed E-state index contributed by atoms with van der Waals surface area (Å²) in [4.78, 5) is 15.5. The molecule has 2 aromatic rings. The van der Waals surface area contributed by atoms with Crippen LogP contribution in [0.2, 0.25) is 0 Å². The van der Waals surface area contributed by atoms with Crippen LogP contribution in [0.5, 0.6) is 0 Å². The van der Waals surface area contributed by atoms with Gasteiger partial charge in [0.15, 0.2) is 5.82 Å². The molecule has 24 heavy (non-hydrogen) atoms. The summed E-state index contributed by atoms with van der Waals surface area (Å²) in [6.45, 7) is 1.72. The first kappa shape index (κ1) is 16.0. The van der Waals surface area contributed by atoms with Gasteiger partial charge in [0.25, 0.3) is 0 Å². The van der Waals surface area contributed by atoms with Gasteiger partial charge in [-0.05, 0) is 65.9 Å². The number of nitrogens with zero attached hydrogens (tertiary/aromatic N) is 3. The molecule has 5 nitrogen and oxygen atoms in total. The Labute approximate surface area is 153 Å². The first-order valence-electron chi connectivity index (χ1n) is 8.34. The number of piperidine rings is 1. The van der Waals surface area contributed by atoms with Crippen LogP contribution in [0, 0.1) is 5.92 Å². The van der Waals surface area contributed by atoms with Crippen molar-refractivity contribution in [1.29, 1.82) is 0 Å². The van der Waals surface area contributed by atoms with Crippen LogP contribution in [0.3, 0.4) is 0 Å². The monoisotopic (exact) mass is 406 g/mol. The van der Waals surface area contributed by atoms with Gasteiger partial charge in [0, 0.05) is 25.0 Å². The summed E-state index contributed by atoms with van der Waals surface area (Å²) in [6, 6.07) is 8.56. The van der Waals surface area contributed by atoms with Gasteiger partial charge in [0.05, 0.1) is 8.66 Å². The number of hydrogen-bond donors (Lipinski definition) is 1. The van der Waals surface area contributed by atoms with Gasteiger partial charge in [-0.25, -0.2) is 0 Å². The smallest absolute Gasteiger partial charge is 0.223 e. The number of hydrogen-bond acceptors (Lipinski definition) is 5. The van der Waals surface area contributed by atoms with Crippen LogP contribution < -0.4 is 10.2 Å². The fourth-order valence-electron chi connectivity index (χ4n) is 2.99. The number of carbonyl (C=O) groups excluding carboxylic acids is 1. The number of carbonyl (C=O) groups is 1. The first-order valence-corrected chi connectivity index (χ1v) is 9.95. The highest BCUT2D eigenvalue weighted by molar-refractivity contribution is 9.11. The lowest BCUT2D eigenvalue weighted by Crippen LogP contribution is -2.41. The maximum Gasteiger partial charge on any atom is 0.223 e. The Morgan fingerprint density at radius 2 is 1.92 bits per heavy atom. The highest BCUT2D eigenvalue weighted by atomic mass is 79.9. The summed E-state index contributed by atoms with van der Waals surface area (Å²) in [5.74, 6) is 1.29. The zero-order chi connectivity index (χ0) is 16.5. The second-order valence-corrected chi connectivity index (χ2v) is 8.89. The molecule has 7 heteroatoms. The van der Waals surface area contributed by atoms with Crippen molar-refractivity contribution in [3.63, 3.8) is 0 Å². The average Bonchev–Trinajstić information content (AvgIpc) is 3.33. The normalized spacial score (nSPS) is 18.6. The molecule has 0 aromatic carbocycles. The van der Waals surface area contributed by atoms with Crippen LogP contribution in [0.1, 0.15) is 25.7 Å². The summed E-state index contributed by atoms with van der Waals surface area (Å²) in [7, 11) is 0. The standard InChI is InChI=1S/C17H19BrN4OS/c18-15-5-4-14(24-15)13-3-6-16(21-20-13)22-9-7-11(8-10-22)17(23)19-12-1-2-12/h3-6,11-12H,1-2,7-10H2,(H,19,23). The first-order chi connectivity index (χ1) is 11.7.